The summed E-state index contributed by atoms with van der Waals surface area (Å²) in [4.78, 5) is 19.0. The van der Waals surface area contributed by atoms with Crippen molar-refractivity contribution in [3.05, 3.63) is 108 Å². The summed E-state index contributed by atoms with van der Waals surface area (Å²) in [5.74, 6) is 6.03. The molecule has 8 fully saturated rings. The molecule has 6 heteroatoms. The summed E-state index contributed by atoms with van der Waals surface area (Å²) < 4.78 is 0. The summed E-state index contributed by atoms with van der Waals surface area (Å²) in [7, 11) is -1.03. The topological polar surface area (TPSA) is 51.6 Å². The summed E-state index contributed by atoms with van der Waals surface area (Å²) >= 11 is 0. The fraction of sp³-hybridized carbons (Fsp3) is 0.556. The average molecular weight is 713 g/mol. The molecule has 8 aliphatic carbocycles. The Labute approximate surface area is 308 Å². The van der Waals surface area contributed by atoms with Crippen LogP contribution in [-0.2, 0) is 17.7 Å². The van der Waals surface area contributed by atoms with E-state index < -0.39 is 7.92 Å². The van der Waals surface area contributed by atoms with Crippen molar-refractivity contribution in [1.82, 2.24) is 19.9 Å². The van der Waals surface area contributed by atoms with Crippen LogP contribution in [0.15, 0.2) is 85.7 Å². The SMILES string of the molecule is CC(C)(c1ccccc1)c1ccc(CP(C23CC4CC(CC(C4)C2)C3)C23CC4CC(CC(C4)C2)C3)c(CP(c2cnccn2)c2cnccn2)c1. The Balaban J connectivity index is 1.10. The van der Waals surface area contributed by atoms with Gasteiger partial charge in [-0.1, -0.05) is 70.3 Å². The Kier molecular flexibility index (Phi) is 8.30. The lowest BCUT2D eigenvalue weighted by molar-refractivity contribution is 0.0184. The average Bonchev–Trinajstić information content (AvgIpc) is 3.13. The molecule has 0 amide bonds. The molecule has 264 valence electrons. The Hall–Kier alpha value is -2.54. The van der Waals surface area contributed by atoms with Gasteiger partial charge in [-0.25, -0.2) is 0 Å². The Bertz CT molecular complexity index is 1710. The van der Waals surface area contributed by atoms with Crippen LogP contribution in [0.25, 0.3) is 0 Å². The lowest BCUT2D eigenvalue weighted by atomic mass is 9.55. The molecule has 4 nitrogen and oxygen atoms in total. The van der Waals surface area contributed by atoms with Crippen molar-refractivity contribution in [3.8, 4) is 0 Å². The van der Waals surface area contributed by atoms with Crippen LogP contribution in [0.2, 0.25) is 0 Å². The summed E-state index contributed by atoms with van der Waals surface area (Å²) in [5, 5.41) is 1.21. The minimum Gasteiger partial charge on any atom is -0.261 e. The zero-order chi connectivity index (χ0) is 34.2. The number of benzene rings is 2. The molecule has 51 heavy (non-hydrogen) atoms. The maximum Gasteiger partial charge on any atom is 0.0877 e. The second kappa shape index (κ2) is 12.8. The van der Waals surface area contributed by atoms with Gasteiger partial charge in [-0.2, -0.15) is 0 Å². The van der Waals surface area contributed by atoms with E-state index in [1.54, 1.807) is 56.5 Å². The maximum absolute atomic E-state index is 4.92. The number of rotatable bonds is 10. The van der Waals surface area contributed by atoms with Crippen LogP contribution in [0.3, 0.4) is 0 Å². The second-order valence-electron chi connectivity index (χ2n) is 18.6. The quantitative estimate of drug-likeness (QED) is 0.154. The second-order valence-corrected chi connectivity index (χ2v) is 23.7. The maximum atomic E-state index is 4.92. The van der Waals surface area contributed by atoms with E-state index in [1.165, 1.54) is 61.4 Å². The van der Waals surface area contributed by atoms with Gasteiger partial charge in [0.1, 0.15) is 0 Å². The van der Waals surface area contributed by atoms with Crippen LogP contribution < -0.4 is 10.9 Å². The first kappa shape index (κ1) is 33.1. The van der Waals surface area contributed by atoms with Crippen molar-refractivity contribution in [2.45, 2.75) is 119 Å². The molecule has 0 atom stereocenters. The molecule has 8 bridgehead atoms. The van der Waals surface area contributed by atoms with Gasteiger partial charge in [-0.05, 0) is 151 Å². The highest BCUT2D eigenvalue weighted by Crippen LogP contribution is 2.79. The molecular weight excluding hydrogens is 658 g/mol. The van der Waals surface area contributed by atoms with E-state index in [0.717, 1.165) is 52.5 Å². The highest BCUT2D eigenvalue weighted by molar-refractivity contribution is 7.71. The number of nitrogens with zero attached hydrogens (tertiary/aromatic N) is 4. The molecular formula is C45H54N4P2. The molecule has 2 aromatic heterocycles. The monoisotopic (exact) mass is 712 g/mol. The van der Waals surface area contributed by atoms with E-state index in [-0.39, 0.29) is 13.3 Å². The molecule has 4 aromatic rings. The lowest BCUT2D eigenvalue weighted by Gasteiger charge is -2.67. The van der Waals surface area contributed by atoms with E-state index in [4.69, 9.17) is 9.97 Å². The van der Waals surface area contributed by atoms with E-state index in [0.29, 0.717) is 10.3 Å². The minimum atomic E-state index is -0.865. The van der Waals surface area contributed by atoms with Crippen LogP contribution in [0.1, 0.15) is 113 Å². The first-order valence-corrected chi connectivity index (χ1v) is 23.1. The molecule has 0 radical (unpaired) electrons. The summed E-state index contributed by atoms with van der Waals surface area (Å²) in [6, 6.07) is 18.9. The third-order valence-electron chi connectivity index (χ3n) is 14.9. The van der Waals surface area contributed by atoms with E-state index in [9.17, 15) is 0 Å². The summed E-state index contributed by atoms with van der Waals surface area (Å²) in [5.41, 5.74) is 7.96. The smallest absolute Gasteiger partial charge is 0.0877 e. The minimum absolute atomic E-state index is 0.0962. The van der Waals surface area contributed by atoms with Gasteiger partial charge in [0.05, 0.1) is 23.3 Å². The fourth-order valence-electron chi connectivity index (χ4n) is 13.4. The van der Waals surface area contributed by atoms with Crippen LogP contribution in [0.4, 0.5) is 0 Å². The number of hydrogen-bond donors (Lipinski definition) is 0. The van der Waals surface area contributed by atoms with E-state index in [1.807, 2.05) is 24.8 Å². The standard InChI is InChI=1S/C45H54N4P2/c1-43(2,39-6-4-3-5-7-39)40-9-8-37(38(20-40)29-50(41-27-46-10-12-48-41)42-28-47-11-13-49-42)30-51(44-21-31-14-32(22-44)16-33(15-31)23-44)45-24-34-17-35(25-45)19-36(18-34)26-45/h3-13,20,27-28,31-36H,14-19,21-26,29-30H2,1-2H3. The van der Waals surface area contributed by atoms with Gasteiger partial charge in [-0.3, -0.25) is 19.9 Å². The summed E-state index contributed by atoms with van der Waals surface area (Å²) in [6.45, 7) is 4.82. The Morgan fingerprint density at radius 1 is 0.569 bits per heavy atom. The predicted molar refractivity (Wildman–Crippen MR) is 211 cm³/mol. The normalized spacial score (nSPS) is 33.9. The number of aromatic nitrogens is 4. The van der Waals surface area contributed by atoms with Gasteiger partial charge in [0.25, 0.3) is 0 Å². The molecule has 0 saturated heterocycles. The zero-order valence-electron chi connectivity index (χ0n) is 30.6. The van der Waals surface area contributed by atoms with E-state index in [2.05, 4.69) is 72.3 Å². The molecule has 0 aliphatic heterocycles. The van der Waals surface area contributed by atoms with Crippen molar-refractivity contribution < 1.29 is 0 Å². The molecule has 2 heterocycles. The van der Waals surface area contributed by atoms with Gasteiger partial charge in [-0.15, -0.1) is 0 Å². The Morgan fingerprint density at radius 2 is 1.06 bits per heavy atom. The van der Waals surface area contributed by atoms with Crippen LogP contribution >= 0.6 is 15.8 Å². The van der Waals surface area contributed by atoms with Gasteiger partial charge in [0.2, 0.25) is 0 Å². The first-order chi connectivity index (χ1) is 24.8. The van der Waals surface area contributed by atoms with Crippen molar-refractivity contribution in [2.75, 3.05) is 0 Å². The summed E-state index contributed by atoms with van der Waals surface area (Å²) in [6.07, 6.45) is 32.1. The van der Waals surface area contributed by atoms with Gasteiger partial charge in [0, 0.05) is 44.3 Å². The van der Waals surface area contributed by atoms with Crippen molar-refractivity contribution in [3.63, 3.8) is 0 Å². The third-order valence-corrected chi connectivity index (χ3v) is 21.2. The third kappa shape index (κ3) is 5.94. The fourth-order valence-corrected chi connectivity index (χ4v) is 20.7. The van der Waals surface area contributed by atoms with E-state index >= 15 is 0 Å². The van der Waals surface area contributed by atoms with Crippen LogP contribution in [0.5, 0.6) is 0 Å². The molecule has 0 spiro atoms. The molecule has 8 saturated carbocycles. The van der Waals surface area contributed by atoms with Gasteiger partial charge >= 0.3 is 0 Å². The largest absolute Gasteiger partial charge is 0.261 e. The predicted octanol–water partition coefficient (Wildman–Crippen LogP) is 10.1. The lowest BCUT2D eigenvalue weighted by Crippen LogP contribution is -2.56. The van der Waals surface area contributed by atoms with Gasteiger partial charge in [0.15, 0.2) is 0 Å². The molecule has 2 aromatic carbocycles. The Morgan fingerprint density at radius 3 is 1.51 bits per heavy atom. The molecule has 12 rings (SSSR count). The van der Waals surface area contributed by atoms with Crippen LogP contribution in [-0.4, -0.2) is 30.2 Å². The van der Waals surface area contributed by atoms with Crippen molar-refractivity contribution in [1.29, 1.82) is 0 Å². The highest BCUT2D eigenvalue weighted by Gasteiger charge is 2.62. The highest BCUT2D eigenvalue weighted by atomic mass is 31.1. The van der Waals surface area contributed by atoms with Crippen molar-refractivity contribution in [2.24, 2.45) is 35.5 Å². The molecule has 8 aliphatic rings. The molecule has 0 unspecified atom stereocenters. The molecule has 0 N–H and O–H groups in total. The first-order valence-electron chi connectivity index (χ1n) is 20.1. The van der Waals surface area contributed by atoms with Crippen molar-refractivity contribution >= 4 is 26.7 Å². The van der Waals surface area contributed by atoms with Gasteiger partial charge < -0.3 is 0 Å². The zero-order valence-corrected chi connectivity index (χ0v) is 32.4. The number of hydrogen-bond acceptors (Lipinski definition) is 4. The van der Waals surface area contributed by atoms with Crippen LogP contribution in [0, 0.1) is 35.5 Å².